The summed E-state index contributed by atoms with van der Waals surface area (Å²) < 4.78 is 52.2. The lowest BCUT2D eigenvalue weighted by molar-refractivity contribution is -0.140. The standard InChI is InChI=1S/C27H26F3N7O2/c1-15-11-37(12-16-4-6-18(7-5-16)24-34-20(13-36(24)2)27(28,29)30)25-19(39-15)10-31-23(35-25)21-22(17-8-9-17)32-14-33-26(21)38-3/h4-7,10,13-15,17H,8-9,11-12H2,1-3H3. The lowest BCUT2D eigenvalue weighted by Crippen LogP contribution is -2.38. The highest BCUT2D eigenvalue weighted by Gasteiger charge is 2.35. The van der Waals surface area contributed by atoms with Gasteiger partial charge in [-0.15, -0.1) is 0 Å². The number of aryl methyl sites for hydroxylation is 1. The molecule has 4 aromatic rings. The monoisotopic (exact) mass is 537 g/mol. The van der Waals surface area contributed by atoms with Crippen LogP contribution < -0.4 is 14.4 Å². The predicted octanol–water partition coefficient (Wildman–Crippen LogP) is 5.03. The molecule has 12 heteroatoms. The molecular weight excluding hydrogens is 511 g/mol. The van der Waals surface area contributed by atoms with E-state index in [-0.39, 0.29) is 11.9 Å². The van der Waals surface area contributed by atoms with Crippen molar-refractivity contribution in [2.24, 2.45) is 7.05 Å². The zero-order valence-electron chi connectivity index (χ0n) is 21.6. The maximum absolute atomic E-state index is 13.1. The summed E-state index contributed by atoms with van der Waals surface area (Å²) in [6, 6.07) is 7.33. The third kappa shape index (κ3) is 4.86. The molecule has 0 radical (unpaired) electrons. The second-order valence-electron chi connectivity index (χ2n) is 9.86. The molecule has 1 aromatic carbocycles. The molecule has 0 spiro atoms. The summed E-state index contributed by atoms with van der Waals surface area (Å²) in [6.07, 6.45) is 1.69. The first-order valence-corrected chi connectivity index (χ1v) is 12.6. The Morgan fingerprint density at radius 2 is 1.85 bits per heavy atom. The normalized spacial score (nSPS) is 17.1. The number of hydrogen-bond donors (Lipinski definition) is 0. The van der Waals surface area contributed by atoms with Crippen LogP contribution in [0.3, 0.4) is 0 Å². The van der Waals surface area contributed by atoms with Crippen LogP contribution >= 0.6 is 0 Å². The number of hydrogen-bond acceptors (Lipinski definition) is 8. The molecule has 3 aromatic heterocycles. The van der Waals surface area contributed by atoms with Crippen LogP contribution in [-0.4, -0.2) is 49.2 Å². The van der Waals surface area contributed by atoms with Crippen molar-refractivity contribution in [3.05, 3.63) is 59.9 Å². The Balaban J connectivity index is 1.30. The topological polar surface area (TPSA) is 91.1 Å². The van der Waals surface area contributed by atoms with E-state index >= 15 is 0 Å². The zero-order chi connectivity index (χ0) is 27.3. The van der Waals surface area contributed by atoms with Crippen molar-refractivity contribution in [3.63, 3.8) is 0 Å². The first-order valence-electron chi connectivity index (χ1n) is 12.6. The van der Waals surface area contributed by atoms with Gasteiger partial charge in [0.15, 0.2) is 23.1 Å². The van der Waals surface area contributed by atoms with Crippen LogP contribution in [0.2, 0.25) is 0 Å². The largest absolute Gasteiger partial charge is 0.483 e. The first kappa shape index (κ1) is 25.1. The van der Waals surface area contributed by atoms with Crippen LogP contribution in [0.5, 0.6) is 11.6 Å². The number of ether oxygens (including phenoxy) is 2. The van der Waals surface area contributed by atoms with Crippen molar-refractivity contribution in [2.45, 2.75) is 44.5 Å². The second-order valence-corrected chi connectivity index (χ2v) is 9.86. The summed E-state index contributed by atoms with van der Waals surface area (Å²) in [5.41, 5.74) is 2.23. The molecule has 0 bridgehead atoms. The van der Waals surface area contributed by atoms with E-state index in [0.29, 0.717) is 53.4 Å². The van der Waals surface area contributed by atoms with Crippen molar-refractivity contribution in [1.29, 1.82) is 0 Å². The molecule has 1 atom stereocenters. The Kier molecular flexibility index (Phi) is 6.12. The fourth-order valence-corrected chi connectivity index (χ4v) is 4.85. The molecule has 4 heterocycles. The van der Waals surface area contributed by atoms with Crippen LogP contribution in [0.25, 0.3) is 22.8 Å². The quantitative estimate of drug-likeness (QED) is 0.339. The van der Waals surface area contributed by atoms with Crippen molar-refractivity contribution in [2.75, 3.05) is 18.6 Å². The summed E-state index contributed by atoms with van der Waals surface area (Å²) in [5, 5.41) is 0. The SMILES string of the molecule is COc1ncnc(C2CC2)c1-c1ncc2c(n1)N(Cc1ccc(-c3nc(C(F)(F)F)cn3C)cc1)CC(C)O2. The third-order valence-corrected chi connectivity index (χ3v) is 6.82. The number of fused-ring (bicyclic) bond motifs is 1. The predicted molar refractivity (Wildman–Crippen MR) is 136 cm³/mol. The van der Waals surface area contributed by atoms with Gasteiger partial charge >= 0.3 is 6.18 Å². The maximum Gasteiger partial charge on any atom is 0.434 e. The number of halogens is 3. The molecular formula is C27H26F3N7O2. The number of anilines is 1. The molecule has 0 saturated heterocycles. The van der Waals surface area contributed by atoms with Gasteiger partial charge in [-0.3, -0.25) is 0 Å². The van der Waals surface area contributed by atoms with Gasteiger partial charge in [0.1, 0.15) is 23.8 Å². The smallest absolute Gasteiger partial charge is 0.434 e. The van der Waals surface area contributed by atoms with Crippen LogP contribution in [0.1, 0.15) is 42.6 Å². The van der Waals surface area contributed by atoms with Gasteiger partial charge in [0, 0.05) is 31.3 Å². The van der Waals surface area contributed by atoms with Crippen molar-refractivity contribution in [1.82, 2.24) is 29.5 Å². The van der Waals surface area contributed by atoms with Gasteiger partial charge in [-0.05, 0) is 25.3 Å². The van der Waals surface area contributed by atoms with E-state index in [1.165, 1.54) is 10.9 Å². The molecule has 2 aliphatic rings. The number of benzene rings is 1. The summed E-state index contributed by atoms with van der Waals surface area (Å²) in [6.45, 7) is 3.09. The highest BCUT2D eigenvalue weighted by Crippen LogP contribution is 2.45. The van der Waals surface area contributed by atoms with E-state index < -0.39 is 11.9 Å². The molecule has 1 fully saturated rings. The number of nitrogens with zero attached hydrogens (tertiary/aromatic N) is 7. The van der Waals surface area contributed by atoms with Gasteiger partial charge in [0.2, 0.25) is 5.88 Å². The minimum absolute atomic E-state index is 0.0869. The lowest BCUT2D eigenvalue weighted by atomic mass is 10.1. The van der Waals surface area contributed by atoms with Crippen molar-refractivity contribution in [3.8, 4) is 34.4 Å². The summed E-state index contributed by atoms with van der Waals surface area (Å²) >= 11 is 0. The number of rotatable bonds is 6. The van der Waals surface area contributed by atoms with E-state index in [1.807, 2.05) is 19.1 Å². The van der Waals surface area contributed by atoms with E-state index in [2.05, 4.69) is 24.8 Å². The Hall–Kier alpha value is -4.22. The maximum atomic E-state index is 13.1. The first-order chi connectivity index (χ1) is 18.7. The molecule has 1 aliphatic heterocycles. The summed E-state index contributed by atoms with van der Waals surface area (Å²) in [7, 11) is 3.12. The zero-order valence-corrected chi connectivity index (χ0v) is 21.6. The Labute approximate surface area is 222 Å². The van der Waals surface area contributed by atoms with Gasteiger partial charge in [-0.1, -0.05) is 24.3 Å². The van der Waals surface area contributed by atoms with Crippen molar-refractivity contribution < 1.29 is 22.6 Å². The summed E-state index contributed by atoms with van der Waals surface area (Å²) in [5.74, 6) is 2.72. The van der Waals surface area contributed by atoms with E-state index in [0.717, 1.165) is 30.3 Å². The molecule has 6 rings (SSSR count). The van der Waals surface area contributed by atoms with Gasteiger partial charge in [0.25, 0.3) is 0 Å². The highest BCUT2D eigenvalue weighted by atomic mass is 19.4. The molecule has 0 N–H and O–H groups in total. The van der Waals surface area contributed by atoms with Gasteiger partial charge in [0.05, 0.1) is 25.5 Å². The number of methoxy groups -OCH3 is 1. The van der Waals surface area contributed by atoms with Crippen LogP contribution in [0, 0.1) is 0 Å². The number of imidazole rings is 1. The molecule has 1 aliphatic carbocycles. The minimum Gasteiger partial charge on any atom is -0.483 e. The molecule has 0 amide bonds. The average Bonchev–Trinajstić information content (AvgIpc) is 3.68. The van der Waals surface area contributed by atoms with Crippen molar-refractivity contribution >= 4 is 5.82 Å². The fraction of sp³-hybridized carbons (Fsp3) is 0.370. The van der Waals surface area contributed by atoms with Gasteiger partial charge in [-0.25, -0.2) is 24.9 Å². The lowest BCUT2D eigenvalue weighted by Gasteiger charge is -2.34. The van der Waals surface area contributed by atoms with E-state index in [4.69, 9.17) is 14.5 Å². The number of alkyl halides is 3. The minimum atomic E-state index is -4.49. The Morgan fingerprint density at radius 1 is 1.08 bits per heavy atom. The van der Waals surface area contributed by atoms with Gasteiger partial charge in [-0.2, -0.15) is 13.2 Å². The molecule has 1 saturated carbocycles. The third-order valence-electron chi connectivity index (χ3n) is 6.82. The molecule has 1 unspecified atom stereocenters. The Morgan fingerprint density at radius 3 is 2.51 bits per heavy atom. The second kappa shape index (κ2) is 9.51. The number of aromatic nitrogens is 6. The molecule has 39 heavy (non-hydrogen) atoms. The highest BCUT2D eigenvalue weighted by molar-refractivity contribution is 5.69. The fourth-order valence-electron chi connectivity index (χ4n) is 4.85. The van der Waals surface area contributed by atoms with E-state index in [1.54, 1.807) is 32.5 Å². The average molecular weight is 538 g/mol. The van der Waals surface area contributed by atoms with Gasteiger partial charge < -0.3 is 18.9 Å². The van der Waals surface area contributed by atoms with E-state index in [9.17, 15) is 13.2 Å². The van der Waals surface area contributed by atoms with Crippen LogP contribution in [0.15, 0.2) is 43.0 Å². The Bertz CT molecular complexity index is 1520. The molecule has 202 valence electrons. The molecule has 9 nitrogen and oxygen atoms in total. The van der Waals surface area contributed by atoms with Crippen LogP contribution in [0.4, 0.5) is 19.0 Å². The van der Waals surface area contributed by atoms with Crippen LogP contribution in [-0.2, 0) is 19.8 Å². The summed E-state index contributed by atoms with van der Waals surface area (Å²) in [4.78, 5) is 24.2.